The first-order chi connectivity index (χ1) is 13.7. The van der Waals surface area contributed by atoms with Crippen LogP contribution in [0.25, 0.3) is 0 Å². The van der Waals surface area contributed by atoms with Crippen LogP contribution < -0.4 is 15.4 Å². The molecule has 7 heteroatoms. The summed E-state index contributed by atoms with van der Waals surface area (Å²) in [6.45, 7) is 4.30. The molecule has 150 valence electrons. The summed E-state index contributed by atoms with van der Waals surface area (Å²) in [5, 5.41) is 5.80. The highest BCUT2D eigenvalue weighted by Gasteiger charge is 2.20. The first kappa shape index (κ1) is 20.1. The third kappa shape index (κ3) is 6.21. The van der Waals surface area contributed by atoms with Gasteiger partial charge < -0.3 is 20.1 Å². The molecule has 2 aromatic carbocycles. The van der Waals surface area contributed by atoms with Crippen LogP contribution in [-0.2, 0) is 4.74 Å². The molecule has 0 aliphatic carbocycles. The van der Waals surface area contributed by atoms with Crippen LogP contribution in [0.3, 0.4) is 0 Å². The van der Waals surface area contributed by atoms with Crippen LogP contribution in [-0.4, -0.2) is 56.9 Å². The molecule has 0 bridgehead atoms. The van der Waals surface area contributed by atoms with Gasteiger partial charge in [-0.15, -0.1) is 0 Å². The third-order valence-corrected chi connectivity index (χ3v) is 4.53. The molecule has 1 aliphatic heterocycles. The highest BCUT2D eigenvalue weighted by atomic mass is 19.1. The molecule has 3 rings (SSSR count). The Hall–Kier alpha value is -2.64. The Morgan fingerprint density at radius 2 is 1.82 bits per heavy atom. The third-order valence-electron chi connectivity index (χ3n) is 4.53. The first-order valence-electron chi connectivity index (χ1n) is 9.49. The molecular formula is C21H26FN3O3. The van der Waals surface area contributed by atoms with E-state index in [9.17, 15) is 9.18 Å². The highest BCUT2D eigenvalue weighted by molar-refractivity contribution is 5.74. The number of ether oxygens (including phenoxy) is 2. The van der Waals surface area contributed by atoms with Crippen molar-refractivity contribution in [3.8, 4) is 5.75 Å². The van der Waals surface area contributed by atoms with Crippen molar-refractivity contribution in [1.82, 2.24) is 15.5 Å². The summed E-state index contributed by atoms with van der Waals surface area (Å²) in [5.74, 6) is -0.235. The number of urea groups is 1. The van der Waals surface area contributed by atoms with Gasteiger partial charge in [0.05, 0.1) is 25.8 Å². The van der Waals surface area contributed by atoms with Crippen LogP contribution in [0.4, 0.5) is 9.18 Å². The van der Waals surface area contributed by atoms with Crippen molar-refractivity contribution in [2.75, 3.05) is 46.0 Å². The number of halogens is 1. The van der Waals surface area contributed by atoms with E-state index in [2.05, 4.69) is 15.5 Å². The fraction of sp³-hybridized carbons (Fsp3) is 0.381. The molecule has 0 radical (unpaired) electrons. The summed E-state index contributed by atoms with van der Waals surface area (Å²) in [6, 6.07) is 15.7. The minimum absolute atomic E-state index is 0.133. The summed E-state index contributed by atoms with van der Waals surface area (Å²) in [4.78, 5) is 14.6. The summed E-state index contributed by atoms with van der Waals surface area (Å²) in [7, 11) is 0. The van der Waals surface area contributed by atoms with E-state index in [1.807, 2.05) is 30.3 Å². The van der Waals surface area contributed by atoms with Gasteiger partial charge in [0.2, 0.25) is 0 Å². The smallest absolute Gasteiger partial charge is 0.315 e. The number of carbonyl (C=O) groups is 1. The topological polar surface area (TPSA) is 62.8 Å². The Labute approximate surface area is 164 Å². The molecule has 28 heavy (non-hydrogen) atoms. The monoisotopic (exact) mass is 387 g/mol. The van der Waals surface area contributed by atoms with Crippen molar-refractivity contribution < 1.29 is 18.7 Å². The number of rotatable bonds is 8. The lowest BCUT2D eigenvalue weighted by atomic mass is 10.1. The van der Waals surface area contributed by atoms with Crippen molar-refractivity contribution >= 4 is 6.03 Å². The molecule has 2 aromatic rings. The maximum Gasteiger partial charge on any atom is 0.315 e. The second-order valence-corrected chi connectivity index (χ2v) is 6.56. The highest BCUT2D eigenvalue weighted by Crippen LogP contribution is 2.16. The summed E-state index contributed by atoms with van der Waals surface area (Å²) in [5.41, 5.74) is 1.05. The Bertz CT molecular complexity index is 739. The lowest BCUT2D eigenvalue weighted by molar-refractivity contribution is 0.0339. The maximum absolute atomic E-state index is 13.5. The zero-order chi connectivity index (χ0) is 19.6. The normalized spacial score (nSPS) is 15.6. The number of hydrogen-bond donors (Lipinski definition) is 2. The van der Waals surface area contributed by atoms with Gasteiger partial charge in [0, 0.05) is 19.6 Å². The Morgan fingerprint density at radius 1 is 1.11 bits per heavy atom. The maximum atomic E-state index is 13.5. The van der Waals surface area contributed by atoms with Crippen LogP contribution in [0.5, 0.6) is 5.75 Å². The van der Waals surface area contributed by atoms with E-state index < -0.39 is 5.82 Å². The number of nitrogens with one attached hydrogen (secondary N) is 2. The Kier molecular flexibility index (Phi) is 7.63. The van der Waals surface area contributed by atoms with Gasteiger partial charge in [-0.1, -0.05) is 42.5 Å². The number of para-hydroxylation sites is 1. The van der Waals surface area contributed by atoms with E-state index in [-0.39, 0.29) is 31.0 Å². The Balaban J connectivity index is 1.48. The standard InChI is InChI=1S/C21H26FN3O3/c22-18-8-4-5-9-20(18)28-13-10-23-21(26)24-19(17-6-2-1-3-7-17)16-25-11-14-27-15-12-25/h1-9,19H,10-16H2,(H2,23,24,26)/t19-/m1/s1. The molecule has 0 aromatic heterocycles. The van der Waals surface area contributed by atoms with E-state index in [1.165, 1.54) is 6.07 Å². The van der Waals surface area contributed by atoms with Crippen LogP contribution in [0.15, 0.2) is 54.6 Å². The molecule has 0 unspecified atom stereocenters. The summed E-state index contributed by atoms with van der Waals surface area (Å²) in [6.07, 6.45) is 0. The van der Waals surface area contributed by atoms with Crippen molar-refractivity contribution in [2.24, 2.45) is 0 Å². The van der Waals surface area contributed by atoms with Crippen LogP contribution in [0, 0.1) is 5.82 Å². The molecule has 1 atom stereocenters. The molecule has 1 aliphatic rings. The second-order valence-electron chi connectivity index (χ2n) is 6.56. The quantitative estimate of drug-likeness (QED) is 0.684. The zero-order valence-corrected chi connectivity index (χ0v) is 15.8. The number of morpholine rings is 1. The molecule has 0 spiro atoms. The minimum Gasteiger partial charge on any atom is -0.489 e. The number of hydrogen-bond acceptors (Lipinski definition) is 4. The molecule has 1 heterocycles. The molecular weight excluding hydrogens is 361 g/mol. The van der Waals surface area contributed by atoms with Gasteiger partial charge in [-0.25, -0.2) is 9.18 Å². The predicted molar refractivity (Wildman–Crippen MR) is 105 cm³/mol. The van der Waals surface area contributed by atoms with Crippen LogP contribution in [0.1, 0.15) is 11.6 Å². The zero-order valence-electron chi connectivity index (χ0n) is 15.8. The molecule has 2 N–H and O–H groups in total. The van der Waals surface area contributed by atoms with E-state index in [0.29, 0.717) is 19.8 Å². The second kappa shape index (κ2) is 10.6. The molecule has 2 amide bonds. The van der Waals surface area contributed by atoms with Gasteiger partial charge in [0.1, 0.15) is 6.61 Å². The number of nitrogens with zero attached hydrogens (tertiary/aromatic N) is 1. The lowest BCUT2D eigenvalue weighted by Gasteiger charge is -2.31. The number of amides is 2. The average molecular weight is 387 g/mol. The van der Waals surface area contributed by atoms with E-state index >= 15 is 0 Å². The van der Waals surface area contributed by atoms with Gasteiger partial charge in [0.15, 0.2) is 11.6 Å². The molecule has 6 nitrogen and oxygen atoms in total. The fourth-order valence-corrected chi connectivity index (χ4v) is 3.06. The lowest BCUT2D eigenvalue weighted by Crippen LogP contribution is -2.46. The van der Waals surface area contributed by atoms with Crippen molar-refractivity contribution in [3.63, 3.8) is 0 Å². The van der Waals surface area contributed by atoms with Gasteiger partial charge in [-0.2, -0.15) is 0 Å². The van der Waals surface area contributed by atoms with Crippen molar-refractivity contribution in [1.29, 1.82) is 0 Å². The van der Waals surface area contributed by atoms with Gasteiger partial charge in [0.25, 0.3) is 0 Å². The molecule has 1 fully saturated rings. The van der Waals surface area contributed by atoms with Crippen molar-refractivity contribution in [3.05, 3.63) is 66.0 Å². The summed E-state index contributed by atoms with van der Waals surface area (Å²) < 4.78 is 24.3. The van der Waals surface area contributed by atoms with Crippen molar-refractivity contribution in [2.45, 2.75) is 6.04 Å². The van der Waals surface area contributed by atoms with E-state index in [0.717, 1.165) is 18.7 Å². The van der Waals surface area contributed by atoms with Gasteiger partial charge in [-0.05, 0) is 17.7 Å². The average Bonchev–Trinajstić information content (AvgIpc) is 2.73. The molecule has 0 saturated carbocycles. The van der Waals surface area contributed by atoms with Crippen LogP contribution >= 0.6 is 0 Å². The fourth-order valence-electron chi connectivity index (χ4n) is 3.06. The first-order valence-corrected chi connectivity index (χ1v) is 9.49. The van der Waals surface area contributed by atoms with Gasteiger partial charge >= 0.3 is 6.03 Å². The summed E-state index contributed by atoms with van der Waals surface area (Å²) >= 11 is 0. The largest absolute Gasteiger partial charge is 0.489 e. The van der Waals surface area contributed by atoms with E-state index in [4.69, 9.17) is 9.47 Å². The van der Waals surface area contributed by atoms with E-state index in [1.54, 1.807) is 18.2 Å². The predicted octanol–water partition coefficient (Wildman–Crippen LogP) is 2.58. The minimum atomic E-state index is -0.415. The molecule has 1 saturated heterocycles. The van der Waals surface area contributed by atoms with Gasteiger partial charge in [-0.3, -0.25) is 4.90 Å². The SMILES string of the molecule is O=C(NCCOc1ccccc1F)N[C@H](CN1CCOCC1)c1ccccc1. The number of carbonyl (C=O) groups excluding carboxylic acids is 1. The Morgan fingerprint density at radius 3 is 2.57 bits per heavy atom. The number of benzene rings is 2. The van der Waals surface area contributed by atoms with Crippen LogP contribution in [0.2, 0.25) is 0 Å².